The van der Waals surface area contributed by atoms with Crippen LogP contribution in [0.5, 0.6) is 0 Å². The van der Waals surface area contributed by atoms with E-state index in [0.717, 1.165) is 0 Å². The van der Waals surface area contributed by atoms with Crippen LogP contribution in [-0.2, 0) is 4.74 Å². The van der Waals surface area contributed by atoms with Gasteiger partial charge in [0, 0.05) is 6.61 Å². The minimum absolute atomic E-state index is 0.113. The Morgan fingerprint density at radius 2 is 1.56 bits per heavy atom. The van der Waals surface area contributed by atoms with Gasteiger partial charge in [-0.3, -0.25) is 0 Å². The predicted octanol–water partition coefficient (Wildman–Crippen LogP) is 2.11. The number of hydrogen-bond donors (Lipinski definition) is 1. The summed E-state index contributed by atoms with van der Waals surface area (Å²) < 4.78 is 75.8. The molecule has 1 aliphatic rings. The molecule has 0 atom stereocenters. The molecule has 1 saturated heterocycles. The molecule has 1 N–H and O–H groups in total. The molecule has 1 heterocycles. The van der Waals surface area contributed by atoms with Crippen LogP contribution in [0.25, 0.3) is 0 Å². The van der Waals surface area contributed by atoms with Crippen molar-refractivity contribution in [3.8, 4) is 0 Å². The first-order chi connectivity index (χ1) is 7.21. The number of hydrogen-bond acceptors (Lipinski definition) is 2. The lowest BCUT2D eigenvalue weighted by atomic mass is 10.0. The molecule has 0 aromatic heterocycles. The average molecular weight is 251 g/mol. The first-order valence-electron chi connectivity index (χ1n) is 4.67. The standard InChI is InChI=1S/C8H11F6NO/c9-7(10,11)6(8(12,13)14)16-2-1-5-3-15-4-5/h5-6,15H,1-4H2. The van der Waals surface area contributed by atoms with Gasteiger partial charge >= 0.3 is 12.4 Å². The maximum atomic E-state index is 12.0. The molecule has 1 fully saturated rings. The number of rotatable bonds is 4. The van der Waals surface area contributed by atoms with Crippen LogP contribution >= 0.6 is 0 Å². The molecular formula is C8H11F6NO. The van der Waals surface area contributed by atoms with Gasteiger partial charge in [0.1, 0.15) is 0 Å². The lowest BCUT2D eigenvalue weighted by Crippen LogP contribution is -2.46. The van der Waals surface area contributed by atoms with E-state index in [4.69, 9.17) is 0 Å². The lowest BCUT2D eigenvalue weighted by Gasteiger charge is -2.28. The molecular weight excluding hydrogens is 240 g/mol. The summed E-state index contributed by atoms with van der Waals surface area (Å²) in [7, 11) is 0. The second kappa shape index (κ2) is 4.79. The van der Waals surface area contributed by atoms with E-state index in [9.17, 15) is 26.3 Å². The highest BCUT2D eigenvalue weighted by atomic mass is 19.4. The van der Waals surface area contributed by atoms with Crippen LogP contribution in [0.3, 0.4) is 0 Å². The van der Waals surface area contributed by atoms with Crippen LogP contribution < -0.4 is 5.32 Å². The highest BCUT2D eigenvalue weighted by Crippen LogP contribution is 2.35. The molecule has 0 aromatic rings. The summed E-state index contributed by atoms with van der Waals surface area (Å²) in [5, 5.41) is 2.86. The average Bonchev–Trinajstić information content (AvgIpc) is 1.95. The van der Waals surface area contributed by atoms with Crippen LogP contribution in [0.1, 0.15) is 6.42 Å². The van der Waals surface area contributed by atoms with Crippen molar-refractivity contribution in [1.82, 2.24) is 5.32 Å². The number of nitrogens with one attached hydrogen (secondary N) is 1. The van der Waals surface area contributed by atoms with Crippen LogP contribution in [0, 0.1) is 5.92 Å². The number of alkyl halides is 6. The fraction of sp³-hybridized carbons (Fsp3) is 1.00. The van der Waals surface area contributed by atoms with E-state index in [2.05, 4.69) is 10.1 Å². The van der Waals surface area contributed by atoms with E-state index < -0.39 is 25.1 Å². The molecule has 1 rings (SSSR count). The monoisotopic (exact) mass is 251 g/mol. The molecule has 1 aliphatic heterocycles. The fourth-order valence-electron chi connectivity index (χ4n) is 1.28. The van der Waals surface area contributed by atoms with Crippen molar-refractivity contribution in [2.75, 3.05) is 19.7 Å². The van der Waals surface area contributed by atoms with E-state index in [1.165, 1.54) is 0 Å². The largest absolute Gasteiger partial charge is 0.423 e. The summed E-state index contributed by atoms with van der Waals surface area (Å²) in [5.74, 6) is 0.113. The molecule has 0 radical (unpaired) electrons. The van der Waals surface area contributed by atoms with Gasteiger partial charge in [0.2, 0.25) is 6.10 Å². The minimum Gasteiger partial charge on any atom is -0.361 e. The summed E-state index contributed by atoms with van der Waals surface area (Å²) in [4.78, 5) is 0. The predicted molar refractivity (Wildman–Crippen MR) is 42.8 cm³/mol. The summed E-state index contributed by atoms with van der Waals surface area (Å²) in [6, 6.07) is 0. The topological polar surface area (TPSA) is 21.3 Å². The summed E-state index contributed by atoms with van der Waals surface area (Å²) in [5.41, 5.74) is 0. The van der Waals surface area contributed by atoms with Crippen molar-refractivity contribution in [1.29, 1.82) is 0 Å². The third-order valence-electron chi connectivity index (χ3n) is 2.27. The van der Waals surface area contributed by atoms with Crippen molar-refractivity contribution >= 4 is 0 Å². The molecule has 0 spiro atoms. The third-order valence-corrected chi connectivity index (χ3v) is 2.27. The van der Waals surface area contributed by atoms with Crippen LogP contribution in [-0.4, -0.2) is 38.2 Å². The van der Waals surface area contributed by atoms with Gasteiger partial charge in [0.15, 0.2) is 0 Å². The summed E-state index contributed by atoms with van der Waals surface area (Å²) >= 11 is 0. The lowest BCUT2D eigenvalue weighted by molar-refractivity contribution is -0.322. The van der Waals surface area contributed by atoms with E-state index in [-0.39, 0.29) is 12.3 Å². The molecule has 96 valence electrons. The first-order valence-corrected chi connectivity index (χ1v) is 4.67. The van der Waals surface area contributed by atoms with Gasteiger partial charge in [0.25, 0.3) is 0 Å². The second-order valence-electron chi connectivity index (χ2n) is 3.65. The Bertz CT molecular complexity index is 208. The molecule has 0 amide bonds. The fourth-order valence-corrected chi connectivity index (χ4v) is 1.28. The van der Waals surface area contributed by atoms with Crippen LogP contribution in [0.4, 0.5) is 26.3 Å². The van der Waals surface area contributed by atoms with E-state index in [1.807, 2.05) is 0 Å². The molecule has 8 heteroatoms. The molecule has 16 heavy (non-hydrogen) atoms. The maximum absolute atomic E-state index is 12.0. The van der Waals surface area contributed by atoms with Crippen LogP contribution in [0.15, 0.2) is 0 Å². The molecule has 0 aliphatic carbocycles. The molecule has 2 nitrogen and oxygen atoms in total. The van der Waals surface area contributed by atoms with Crippen molar-refractivity contribution in [2.24, 2.45) is 5.92 Å². The Labute approximate surface area is 87.9 Å². The first kappa shape index (κ1) is 13.6. The molecule has 0 bridgehead atoms. The van der Waals surface area contributed by atoms with Gasteiger partial charge in [-0.1, -0.05) is 0 Å². The Morgan fingerprint density at radius 1 is 1.06 bits per heavy atom. The third kappa shape index (κ3) is 3.82. The van der Waals surface area contributed by atoms with Crippen molar-refractivity contribution in [2.45, 2.75) is 24.9 Å². The Kier molecular flexibility index (Phi) is 4.06. The van der Waals surface area contributed by atoms with Crippen molar-refractivity contribution in [3.63, 3.8) is 0 Å². The molecule has 0 saturated carbocycles. The Hall–Kier alpha value is -0.500. The highest BCUT2D eigenvalue weighted by molar-refractivity contribution is 4.78. The zero-order chi connectivity index (χ0) is 12.4. The number of ether oxygens (including phenoxy) is 1. The van der Waals surface area contributed by atoms with Crippen LogP contribution in [0.2, 0.25) is 0 Å². The minimum atomic E-state index is -5.41. The van der Waals surface area contributed by atoms with Gasteiger partial charge in [-0.15, -0.1) is 0 Å². The Balaban J connectivity index is 2.38. The second-order valence-corrected chi connectivity index (χ2v) is 3.65. The van der Waals surface area contributed by atoms with E-state index in [0.29, 0.717) is 13.1 Å². The maximum Gasteiger partial charge on any atom is 0.423 e. The molecule has 0 aromatic carbocycles. The van der Waals surface area contributed by atoms with Crippen molar-refractivity contribution < 1.29 is 31.1 Å². The van der Waals surface area contributed by atoms with E-state index >= 15 is 0 Å². The van der Waals surface area contributed by atoms with Crippen molar-refractivity contribution in [3.05, 3.63) is 0 Å². The normalized spacial score (nSPS) is 18.9. The Morgan fingerprint density at radius 3 is 1.88 bits per heavy atom. The van der Waals surface area contributed by atoms with Gasteiger partial charge in [-0.2, -0.15) is 26.3 Å². The summed E-state index contributed by atoms with van der Waals surface area (Å²) in [6.07, 6.45) is -14.3. The smallest absolute Gasteiger partial charge is 0.361 e. The van der Waals surface area contributed by atoms with Gasteiger partial charge in [-0.05, 0) is 25.4 Å². The zero-order valence-corrected chi connectivity index (χ0v) is 8.16. The molecule has 0 unspecified atom stereocenters. The highest BCUT2D eigenvalue weighted by Gasteiger charge is 2.57. The van der Waals surface area contributed by atoms with Gasteiger partial charge in [-0.25, -0.2) is 0 Å². The number of halogens is 6. The quantitative estimate of drug-likeness (QED) is 0.772. The van der Waals surface area contributed by atoms with E-state index in [1.54, 1.807) is 0 Å². The summed E-state index contributed by atoms with van der Waals surface area (Å²) in [6.45, 7) is 0.703. The SMILES string of the molecule is FC(F)(F)C(OCCC1CNC1)C(F)(F)F. The van der Waals surface area contributed by atoms with Gasteiger partial charge < -0.3 is 10.1 Å². The van der Waals surface area contributed by atoms with Gasteiger partial charge in [0.05, 0.1) is 0 Å². The zero-order valence-electron chi connectivity index (χ0n) is 8.16.